The molecule has 0 radical (unpaired) electrons. The lowest BCUT2D eigenvalue weighted by atomic mass is 9.96. The molecule has 3 saturated carbocycles. The molecule has 3 fully saturated rings. The first-order chi connectivity index (χ1) is 58.7. The minimum absolute atomic E-state index is 0.0470. The van der Waals surface area contributed by atoms with Crippen molar-refractivity contribution in [2.45, 2.75) is 107 Å². The predicted octanol–water partition coefficient (Wildman–Crippen LogP) is 16.9. The van der Waals surface area contributed by atoms with Gasteiger partial charge in [-0.1, -0.05) is 76.1 Å². The van der Waals surface area contributed by atoms with E-state index in [1.807, 2.05) is 53.2 Å². The summed E-state index contributed by atoms with van der Waals surface area (Å²) in [6.45, 7) is 10.1. The van der Waals surface area contributed by atoms with E-state index in [1.54, 1.807) is 103 Å². The lowest BCUT2D eigenvalue weighted by Crippen LogP contribution is -2.26. The zero-order valence-corrected chi connectivity index (χ0v) is 67.1. The molecule has 121 heavy (non-hydrogen) atoms. The summed E-state index contributed by atoms with van der Waals surface area (Å²) in [4.78, 5) is 68.5. The van der Waals surface area contributed by atoms with Crippen LogP contribution in [-0.4, -0.2) is 105 Å². The number of halogens is 7. The Kier molecular flexibility index (Phi) is 17.5. The van der Waals surface area contributed by atoms with E-state index in [1.165, 1.54) is 23.6 Å². The maximum absolute atomic E-state index is 15.5. The van der Waals surface area contributed by atoms with E-state index in [0.717, 1.165) is 136 Å². The summed E-state index contributed by atoms with van der Waals surface area (Å²) in [5, 5.41) is 39.2. The molecular formula is C88H68Cl4F3N23O3. The topological polar surface area (TPSA) is 306 Å². The monoisotopic (exact) mass is 1690 g/mol. The molecule has 6 aliphatic heterocycles. The molecule has 602 valence electrons. The number of aromatic amines is 3. The molecule has 0 saturated heterocycles. The molecule has 5 aromatic carbocycles. The van der Waals surface area contributed by atoms with Crippen molar-refractivity contribution >= 4 is 63.6 Å². The Morgan fingerprint density at radius 1 is 0.488 bits per heavy atom. The number of allylic oxidation sites excluding steroid dienone is 2. The highest BCUT2D eigenvalue weighted by molar-refractivity contribution is 6.32. The summed E-state index contributed by atoms with van der Waals surface area (Å²) in [6.07, 6.45) is 17.6. The molecule has 33 heteroatoms. The van der Waals surface area contributed by atoms with Crippen molar-refractivity contribution in [3.8, 4) is 84.2 Å². The lowest BCUT2D eigenvalue weighted by Gasteiger charge is -2.24. The van der Waals surface area contributed by atoms with Gasteiger partial charge in [-0.2, -0.15) is 13.5 Å². The van der Waals surface area contributed by atoms with Crippen molar-refractivity contribution in [3.63, 3.8) is 0 Å². The smallest absolute Gasteiger partial charge is 0.252 e. The number of nitrogens with one attached hydrogen (secondary N) is 6. The van der Waals surface area contributed by atoms with Crippen LogP contribution in [0.5, 0.6) is 0 Å². The quantitative estimate of drug-likeness (QED) is 0.0662. The van der Waals surface area contributed by atoms with Gasteiger partial charge in [0.2, 0.25) is 11.9 Å². The number of benzene rings is 5. The second-order valence-corrected chi connectivity index (χ2v) is 34.1. The van der Waals surface area contributed by atoms with Crippen LogP contribution in [0.3, 0.4) is 0 Å². The molecule has 24 rings (SSSR count). The van der Waals surface area contributed by atoms with E-state index < -0.39 is 23.8 Å². The highest BCUT2D eigenvalue weighted by Gasteiger charge is 2.57. The SMILES string of the molecule is C=C1CCc2c(ccc(-c3nc(C4C5CC5c5cc(-c6cc(Cl)ccc6-n6ccnn6)cc(=O)n54)[nH]c3F)c2F)N1.C=C1CCc2cc(-c3nc(C4C5CC5c5cc(-c6cc(Cl)ccc6-n6cc(Cl)nn6)cc(=O)n54)[nH]c3F)cnc2N1.CC1CCc2cc(-c3cnc(C4C5CC5c5cc(-c6cc(Cl)ccc6-n6cnnn6)cc(=O)n54)[nH]3)ccc2N1. The Morgan fingerprint density at radius 2 is 1.05 bits per heavy atom. The maximum atomic E-state index is 15.5. The van der Waals surface area contributed by atoms with Crippen LogP contribution >= 0.6 is 46.4 Å². The van der Waals surface area contributed by atoms with Gasteiger partial charge in [-0.25, -0.2) is 33.7 Å². The fraction of sp³-hybridized carbons (Fsp3) is 0.227. The Labute approximate surface area is 705 Å². The molecular weight excluding hydrogens is 1630 g/mol. The highest BCUT2D eigenvalue weighted by atomic mass is 35.5. The Bertz CT molecular complexity index is 7070. The van der Waals surface area contributed by atoms with Crippen molar-refractivity contribution in [2.75, 3.05) is 16.0 Å². The van der Waals surface area contributed by atoms with E-state index in [2.05, 4.69) is 126 Å². The van der Waals surface area contributed by atoms with E-state index in [0.29, 0.717) is 91.1 Å². The summed E-state index contributed by atoms with van der Waals surface area (Å²) in [5.74, 6) is 1.82. The van der Waals surface area contributed by atoms with Crippen molar-refractivity contribution in [1.82, 2.24) is 98.8 Å². The average molecular weight is 1690 g/mol. The number of aromatic nitrogens is 20. The molecule has 10 atom stereocenters. The van der Waals surface area contributed by atoms with Gasteiger partial charge in [-0.05, 0) is 229 Å². The van der Waals surface area contributed by atoms with E-state index >= 15 is 13.2 Å². The van der Waals surface area contributed by atoms with Gasteiger partial charge in [0.1, 0.15) is 46.8 Å². The van der Waals surface area contributed by atoms with Crippen LogP contribution in [0.2, 0.25) is 20.2 Å². The maximum Gasteiger partial charge on any atom is 0.252 e. The Hall–Kier alpha value is -13.1. The molecule has 0 spiro atoms. The molecule has 9 aliphatic rings. The van der Waals surface area contributed by atoms with Gasteiger partial charge in [-0.15, -0.1) is 15.3 Å². The molecule has 0 bridgehead atoms. The normalized spacial score (nSPS) is 21.1. The van der Waals surface area contributed by atoms with Gasteiger partial charge in [0.05, 0.1) is 65.7 Å². The Balaban J connectivity index is 0.000000109. The van der Waals surface area contributed by atoms with Gasteiger partial charge >= 0.3 is 0 Å². The second-order valence-electron chi connectivity index (χ2n) is 32.4. The fourth-order valence-electron chi connectivity index (χ4n) is 19.1. The fourth-order valence-corrected chi connectivity index (χ4v) is 19.7. The highest BCUT2D eigenvalue weighted by Crippen LogP contribution is 2.63. The summed E-state index contributed by atoms with van der Waals surface area (Å²) in [5.41, 5.74) is 18.3. The molecule has 10 aromatic heterocycles. The molecule has 16 heterocycles. The van der Waals surface area contributed by atoms with Crippen LogP contribution in [0.15, 0.2) is 204 Å². The minimum atomic E-state index is -0.723. The second kappa shape index (κ2) is 28.6. The molecule has 26 nitrogen and oxygen atoms in total. The van der Waals surface area contributed by atoms with Crippen molar-refractivity contribution in [2.24, 2.45) is 17.8 Å². The largest absolute Gasteiger partial charge is 0.382 e. The Morgan fingerprint density at radius 3 is 1.64 bits per heavy atom. The van der Waals surface area contributed by atoms with Gasteiger partial charge < -0.3 is 44.6 Å². The van der Waals surface area contributed by atoms with E-state index in [-0.39, 0.29) is 74.5 Å². The van der Waals surface area contributed by atoms with Gasteiger partial charge in [-0.3, -0.25) is 14.4 Å². The number of hydrogen-bond acceptors (Lipinski definition) is 17. The summed E-state index contributed by atoms with van der Waals surface area (Å²) < 4.78 is 56.2. The number of hydrogen-bond donors (Lipinski definition) is 6. The van der Waals surface area contributed by atoms with E-state index in [4.69, 9.17) is 51.4 Å². The van der Waals surface area contributed by atoms with Crippen LogP contribution in [0, 0.1) is 35.5 Å². The zero-order chi connectivity index (χ0) is 82.2. The van der Waals surface area contributed by atoms with Crippen LogP contribution in [0.1, 0.15) is 133 Å². The summed E-state index contributed by atoms with van der Waals surface area (Å²) >= 11 is 25.1. The molecule has 3 aliphatic carbocycles. The van der Waals surface area contributed by atoms with Crippen LogP contribution < -0.4 is 32.6 Å². The van der Waals surface area contributed by atoms with Crippen molar-refractivity contribution in [3.05, 3.63) is 309 Å². The predicted molar refractivity (Wildman–Crippen MR) is 451 cm³/mol. The number of imidazole rings is 3. The average Bonchev–Trinajstić information content (AvgIpc) is 1.55. The summed E-state index contributed by atoms with van der Waals surface area (Å²) in [6, 6.07) is 38.4. The summed E-state index contributed by atoms with van der Waals surface area (Å²) in [7, 11) is 0. The molecule has 10 unspecified atom stereocenters. The third-order valence-electron chi connectivity index (χ3n) is 25.0. The zero-order valence-electron chi connectivity index (χ0n) is 64.1. The van der Waals surface area contributed by atoms with Gasteiger partial charge in [0.15, 0.2) is 5.15 Å². The third-order valence-corrected chi connectivity index (χ3v) is 25.8. The number of aryl methyl sites for hydroxylation is 2. The molecule has 15 aromatic rings. The standard InChI is InChI=1S/C30H22ClF2N7O.C29H21Cl2FN8O.C29H25ClN8O/c1-14-2-4-17-22(35-14)6-5-18(26(17)32)27-29(33)37-30(36-27)28-21-13-20(21)24-10-15(11-25(41)40(24)28)19-12-16(31)3-7-23(19)39-9-8-34-38-39;1-13-2-3-14-6-16(11-33-28(14)34-13)25-27(32)36-29(35-25)26-20-10-19(20)22-7-15(8-24(41)40(22)26)18-9-17(30)4-5-21(18)39-12-23(31)37-38-39;1-15-2-3-16-8-17(4-6-23(16)33-15)24-13-31-29(34-24)28-22-12-21(22)26-9-18(10-27(39)38(26)28)20-11-19(30)5-7-25(20)37-14-32-35-36-37/h3,5-12,20-21,28,35H,1-2,4,13H2,(H,36,37);4-9,11-12,19-20,26H,1-3,10H2,(H,33,34)(H,35,36);4-11,13-15,21-22,28,33H,2-3,12H2,1H3,(H,31,34). The lowest BCUT2D eigenvalue weighted by molar-refractivity contribution is 0.504. The first-order valence-electron chi connectivity index (χ1n) is 39.8. The van der Waals surface area contributed by atoms with Crippen molar-refractivity contribution < 1.29 is 13.2 Å². The number of anilines is 3. The minimum Gasteiger partial charge on any atom is -0.382 e. The number of fused-ring (bicyclic) bond motifs is 12. The molecule has 6 N–H and O–H groups in total. The van der Waals surface area contributed by atoms with Gasteiger partial charge in [0.25, 0.3) is 16.7 Å². The number of tetrazole rings is 1. The van der Waals surface area contributed by atoms with Crippen molar-refractivity contribution in [1.29, 1.82) is 0 Å². The number of nitrogens with zero attached hydrogens (tertiary/aromatic N) is 17. The first kappa shape index (κ1) is 74.2. The third kappa shape index (κ3) is 12.9. The van der Waals surface area contributed by atoms with Crippen LogP contribution in [-0.2, 0) is 19.3 Å². The van der Waals surface area contributed by atoms with Crippen LogP contribution in [0.25, 0.3) is 84.2 Å². The van der Waals surface area contributed by atoms with E-state index in [9.17, 15) is 14.4 Å². The number of pyridine rings is 4. The van der Waals surface area contributed by atoms with Crippen LogP contribution in [0.4, 0.5) is 30.4 Å². The number of rotatable bonds is 12. The first-order valence-corrected chi connectivity index (χ1v) is 41.3. The van der Waals surface area contributed by atoms with Gasteiger partial charge in [0, 0.05) is 136 Å². The number of H-pyrrole nitrogens is 3. The molecule has 0 amide bonds.